The maximum absolute atomic E-state index is 12.8. The lowest BCUT2D eigenvalue weighted by Gasteiger charge is -2.19. The van der Waals surface area contributed by atoms with Crippen molar-refractivity contribution >= 4 is 11.4 Å². The fourth-order valence-electron chi connectivity index (χ4n) is 3.79. The summed E-state index contributed by atoms with van der Waals surface area (Å²) in [6, 6.07) is 9.67. The van der Waals surface area contributed by atoms with Crippen molar-refractivity contribution in [2.75, 3.05) is 19.8 Å². The van der Waals surface area contributed by atoms with Gasteiger partial charge in [0, 0.05) is 55.1 Å². The second-order valence-electron chi connectivity index (χ2n) is 7.38. The van der Waals surface area contributed by atoms with Crippen LogP contribution in [-0.4, -0.2) is 35.0 Å². The van der Waals surface area contributed by atoms with Gasteiger partial charge < -0.3 is 13.9 Å². The highest BCUT2D eigenvalue weighted by Crippen LogP contribution is 2.29. The molecule has 1 aliphatic heterocycles. The standard InChI is InChI=1S/C23H26N2O3/c1-3-28-22-13-23-24-20(17-7-9-27-10-8-17)15-25(23)14-19(22)12-21(26)18-6-4-5-16(2)11-18/h4-6,11,13-15,17H,3,7-10,12H2,1-2H3. The monoisotopic (exact) mass is 378 g/mol. The number of nitrogens with zero attached hydrogens (tertiary/aromatic N) is 2. The summed E-state index contributed by atoms with van der Waals surface area (Å²) in [6.45, 7) is 6.08. The number of fused-ring (bicyclic) bond motifs is 1. The van der Waals surface area contributed by atoms with Crippen molar-refractivity contribution in [3.63, 3.8) is 0 Å². The van der Waals surface area contributed by atoms with Gasteiger partial charge in [0.05, 0.1) is 12.3 Å². The van der Waals surface area contributed by atoms with Gasteiger partial charge >= 0.3 is 0 Å². The zero-order chi connectivity index (χ0) is 19.5. The number of carbonyl (C=O) groups excluding carboxylic acids is 1. The summed E-state index contributed by atoms with van der Waals surface area (Å²) in [4.78, 5) is 17.6. The van der Waals surface area contributed by atoms with Gasteiger partial charge in [-0.05, 0) is 32.8 Å². The van der Waals surface area contributed by atoms with Gasteiger partial charge in [-0.25, -0.2) is 4.98 Å². The van der Waals surface area contributed by atoms with E-state index in [0.717, 1.165) is 59.8 Å². The lowest BCUT2D eigenvalue weighted by atomic mass is 9.97. The molecule has 146 valence electrons. The predicted molar refractivity (Wildman–Crippen MR) is 108 cm³/mol. The van der Waals surface area contributed by atoms with Crippen LogP contribution in [-0.2, 0) is 11.2 Å². The molecule has 3 heterocycles. The minimum Gasteiger partial charge on any atom is -0.493 e. The number of ether oxygens (including phenoxy) is 2. The number of pyridine rings is 1. The molecule has 3 aromatic rings. The second kappa shape index (κ2) is 8.15. The molecule has 0 bridgehead atoms. The van der Waals surface area contributed by atoms with Crippen LogP contribution in [0.3, 0.4) is 0 Å². The Morgan fingerprint density at radius 1 is 1.25 bits per heavy atom. The highest BCUT2D eigenvalue weighted by atomic mass is 16.5. The third-order valence-electron chi connectivity index (χ3n) is 5.28. The number of aromatic nitrogens is 2. The van der Waals surface area contributed by atoms with Crippen LogP contribution in [0, 0.1) is 6.92 Å². The fraction of sp³-hybridized carbons (Fsp3) is 0.391. The SMILES string of the molecule is CCOc1cc2nc(C3CCOCC3)cn2cc1CC(=O)c1cccc(C)c1. The zero-order valence-corrected chi connectivity index (χ0v) is 16.5. The van der Waals surface area contributed by atoms with E-state index in [4.69, 9.17) is 14.5 Å². The molecule has 0 spiro atoms. The van der Waals surface area contributed by atoms with E-state index in [-0.39, 0.29) is 5.78 Å². The Bertz CT molecular complexity index is 987. The Labute approximate surface area is 165 Å². The van der Waals surface area contributed by atoms with Crippen LogP contribution in [0.5, 0.6) is 5.75 Å². The minimum atomic E-state index is 0.0915. The van der Waals surface area contributed by atoms with Gasteiger partial charge in [0.15, 0.2) is 5.78 Å². The van der Waals surface area contributed by atoms with Crippen LogP contribution in [0.1, 0.15) is 52.9 Å². The van der Waals surface area contributed by atoms with Crippen LogP contribution in [0.2, 0.25) is 0 Å². The molecule has 1 fully saturated rings. The molecule has 0 atom stereocenters. The molecule has 28 heavy (non-hydrogen) atoms. The van der Waals surface area contributed by atoms with Gasteiger partial charge in [-0.1, -0.05) is 23.8 Å². The number of ketones is 1. The Kier molecular flexibility index (Phi) is 5.44. The van der Waals surface area contributed by atoms with E-state index in [1.165, 1.54) is 0 Å². The molecule has 4 rings (SSSR count). The molecule has 0 N–H and O–H groups in total. The number of imidazole rings is 1. The molecule has 0 unspecified atom stereocenters. The van der Waals surface area contributed by atoms with Gasteiger partial charge in [-0.2, -0.15) is 0 Å². The van der Waals surface area contributed by atoms with Crippen molar-refractivity contribution in [3.05, 3.63) is 65.1 Å². The first-order chi connectivity index (χ1) is 13.6. The summed E-state index contributed by atoms with van der Waals surface area (Å²) in [5.41, 5.74) is 4.65. The van der Waals surface area contributed by atoms with Crippen LogP contribution in [0.15, 0.2) is 42.7 Å². The highest BCUT2D eigenvalue weighted by Gasteiger charge is 2.20. The first-order valence-corrected chi connectivity index (χ1v) is 9.96. The molecule has 0 aliphatic carbocycles. The van der Waals surface area contributed by atoms with Gasteiger partial charge in [-0.15, -0.1) is 0 Å². The third-order valence-corrected chi connectivity index (χ3v) is 5.28. The van der Waals surface area contributed by atoms with Crippen LogP contribution < -0.4 is 4.74 Å². The Morgan fingerprint density at radius 3 is 2.82 bits per heavy atom. The Hall–Kier alpha value is -2.66. The topological polar surface area (TPSA) is 52.8 Å². The number of benzene rings is 1. The summed E-state index contributed by atoms with van der Waals surface area (Å²) >= 11 is 0. The van der Waals surface area contributed by atoms with Crippen LogP contribution in [0.4, 0.5) is 0 Å². The molecule has 1 aromatic carbocycles. The molecule has 0 radical (unpaired) electrons. The van der Waals surface area contributed by atoms with E-state index < -0.39 is 0 Å². The summed E-state index contributed by atoms with van der Waals surface area (Å²) in [5, 5.41) is 0. The van der Waals surface area contributed by atoms with Gasteiger partial charge in [0.25, 0.3) is 0 Å². The quantitative estimate of drug-likeness (QED) is 0.598. The van der Waals surface area contributed by atoms with Crippen molar-refractivity contribution in [2.24, 2.45) is 0 Å². The normalized spacial score (nSPS) is 15.1. The van der Waals surface area contributed by atoms with Crippen LogP contribution in [0.25, 0.3) is 5.65 Å². The van der Waals surface area contributed by atoms with Crippen molar-refractivity contribution in [1.29, 1.82) is 0 Å². The minimum absolute atomic E-state index is 0.0915. The van der Waals surface area contributed by atoms with Crippen molar-refractivity contribution in [3.8, 4) is 5.75 Å². The summed E-state index contributed by atoms with van der Waals surface area (Å²) in [6.07, 6.45) is 6.38. The molecular formula is C23H26N2O3. The number of hydrogen-bond acceptors (Lipinski definition) is 4. The first-order valence-electron chi connectivity index (χ1n) is 9.96. The number of aryl methyl sites for hydroxylation is 1. The maximum atomic E-state index is 12.8. The highest BCUT2D eigenvalue weighted by molar-refractivity contribution is 5.98. The predicted octanol–water partition coefficient (Wildman–Crippen LogP) is 4.36. The van der Waals surface area contributed by atoms with E-state index in [2.05, 4.69) is 6.20 Å². The summed E-state index contributed by atoms with van der Waals surface area (Å²) < 4.78 is 13.3. The molecule has 5 heteroatoms. The second-order valence-corrected chi connectivity index (χ2v) is 7.38. The zero-order valence-electron chi connectivity index (χ0n) is 16.5. The average Bonchev–Trinajstić information content (AvgIpc) is 3.12. The number of hydrogen-bond donors (Lipinski definition) is 0. The lowest BCUT2D eigenvalue weighted by molar-refractivity contribution is 0.0846. The molecular weight excluding hydrogens is 352 g/mol. The first kappa shape index (κ1) is 18.7. The van der Waals surface area contributed by atoms with Crippen LogP contribution >= 0.6 is 0 Å². The summed E-state index contributed by atoms with van der Waals surface area (Å²) in [7, 11) is 0. The largest absolute Gasteiger partial charge is 0.493 e. The van der Waals surface area contributed by atoms with Crippen molar-refractivity contribution in [1.82, 2.24) is 9.38 Å². The lowest BCUT2D eigenvalue weighted by Crippen LogP contribution is -2.14. The molecule has 1 aliphatic rings. The average molecular weight is 378 g/mol. The third kappa shape index (κ3) is 3.94. The Morgan fingerprint density at radius 2 is 2.07 bits per heavy atom. The molecule has 5 nitrogen and oxygen atoms in total. The number of rotatable bonds is 6. The fourth-order valence-corrected chi connectivity index (χ4v) is 3.79. The van der Waals surface area contributed by atoms with Crippen molar-refractivity contribution < 1.29 is 14.3 Å². The van der Waals surface area contributed by atoms with E-state index in [1.807, 2.05) is 54.8 Å². The summed E-state index contributed by atoms with van der Waals surface area (Å²) in [5.74, 6) is 1.26. The molecule has 1 saturated heterocycles. The van der Waals surface area contributed by atoms with Gasteiger partial charge in [0.2, 0.25) is 0 Å². The van der Waals surface area contributed by atoms with E-state index >= 15 is 0 Å². The maximum Gasteiger partial charge on any atom is 0.167 e. The van der Waals surface area contributed by atoms with Gasteiger partial charge in [0.1, 0.15) is 11.4 Å². The van der Waals surface area contributed by atoms with Gasteiger partial charge in [-0.3, -0.25) is 4.79 Å². The molecule has 0 saturated carbocycles. The van der Waals surface area contributed by atoms with E-state index in [1.54, 1.807) is 0 Å². The number of Topliss-reactive ketones (excluding diaryl/α,β-unsaturated/α-hetero) is 1. The molecule has 2 aromatic heterocycles. The number of carbonyl (C=O) groups is 1. The smallest absolute Gasteiger partial charge is 0.167 e. The Balaban J connectivity index is 1.65. The van der Waals surface area contributed by atoms with Crippen molar-refractivity contribution in [2.45, 2.75) is 39.0 Å². The van der Waals surface area contributed by atoms with E-state index in [0.29, 0.717) is 18.9 Å². The molecule has 0 amide bonds. The van der Waals surface area contributed by atoms with E-state index in [9.17, 15) is 4.79 Å².